The Morgan fingerprint density at radius 1 is 1.22 bits per heavy atom. The van der Waals surface area contributed by atoms with Gasteiger partial charge in [0, 0.05) is 25.9 Å². The minimum Gasteiger partial charge on any atom is -0.347 e. The van der Waals surface area contributed by atoms with Gasteiger partial charge in [-0.25, -0.2) is 4.98 Å². The highest BCUT2D eigenvalue weighted by Crippen LogP contribution is 2.32. The van der Waals surface area contributed by atoms with Gasteiger partial charge in [-0.05, 0) is 19.1 Å². The fourth-order valence-electron chi connectivity index (χ4n) is 3.52. The standard InChI is InChI=1S/C17H21N3O3/c1-13(20-12-18-14-4-2-3-5-15(14)20)16(21)19-8-6-17(7-9-19)22-10-11-23-17/h2-5,12-13H,6-11H2,1H3/t13-/m0/s1. The number of nitrogens with zero attached hydrogens (tertiary/aromatic N) is 3. The van der Waals surface area contributed by atoms with Crippen molar-refractivity contribution in [3.05, 3.63) is 30.6 Å². The second kappa shape index (κ2) is 5.62. The molecule has 0 saturated carbocycles. The number of carbonyl (C=O) groups excluding carboxylic acids is 1. The van der Waals surface area contributed by atoms with E-state index in [1.807, 2.05) is 40.7 Å². The van der Waals surface area contributed by atoms with E-state index in [2.05, 4.69) is 4.98 Å². The molecule has 2 aliphatic heterocycles. The van der Waals surface area contributed by atoms with Crippen molar-refractivity contribution in [2.24, 2.45) is 0 Å². The van der Waals surface area contributed by atoms with Crippen molar-refractivity contribution in [3.63, 3.8) is 0 Å². The number of rotatable bonds is 2. The summed E-state index contributed by atoms with van der Waals surface area (Å²) in [7, 11) is 0. The van der Waals surface area contributed by atoms with Gasteiger partial charge in [0.2, 0.25) is 5.91 Å². The van der Waals surface area contributed by atoms with Gasteiger partial charge in [-0.15, -0.1) is 0 Å². The van der Waals surface area contributed by atoms with Crippen LogP contribution in [0.5, 0.6) is 0 Å². The first-order valence-electron chi connectivity index (χ1n) is 8.17. The lowest BCUT2D eigenvalue weighted by atomic mass is 10.0. The summed E-state index contributed by atoms with van der Waals surface area (Å²) in [5.74, 6) is -0.317. The molecule has 23 heavy (non-hydrogen) atoms. The quantitative estimate of drug-likeness (QED) is 0.850. The zero-order chi connectivity index (χ0) is 15.9. The van der Waals surface area contributed by atoms with Crippen LogP contribution < -0.4 is 0 Å². The number of ether oxygens (including phenoxy) is 2. The van der Waals surface area contributed by atoms with E-state index in [0.29, 0.717) is 26.3 Å². The average Bonchev–Trinajstić information content (AvgIpc) is 3.21. The van der Waals surface area contributed by atoms with Crippen LogP contribution in [0.15, 0.2) is 30.6 Å². The van der Waals surface area contributed by atoms with Crippen LogP contribution in [0.25, 0.3) is 11.0 Å². The van der Waals surface area contributed by atoms with Gasteiger partial charge in [-0.3, -0.25) is 4.79 Å². The minimum atomic E-state index is -0.443. The lowest BCUT2D eigenvalue weighted by Gasteiger charge is -2.38. The Balaban J connectivity index is 1.48. The van der Waals surface area contributed by atoms with Crippen LogP contribution in [0.3, 0.4) is 0 Å². The summed E-state index contributed by atoms with van der Waals surface area (Å²) in [6, 6.07) is 7.62. The summed E-state index contributed by atoms with van der Waals surface area (Å²) >= 11 is 0. The molecule has 0 radical (unpaired) electrons. The van der Waals surface area contributed by atoms with Crippen LogP contribution >= 0.6 is 0 Å². The molecule has 4 rings (SSSR count). The maximum Gasteiger partial charge on any atom is 0.245 e. The molecule has 0 bridgehead atoms. The van der Waals surface area contributed by atoms with E-state index in [4.69, 9.17) is 9.47 Å². The molecule has 122 valence electrons. The van der Waals surface area contributed by atoms with Crippen LogP contribution in [0.2, 0.25) is 0 Å². The largest absolute Gasteiger partial charge is 0.347 e. The Labute approximate surface area is 135 Å². The zero-order valence-electron chi connectivity index (χ0n) is 13.3. The summed E-state index contributed by atoms with van der Waals surface area (Å²) < 4.78 is 13.4. The smallest absolute Gasteiger partial charge is 0.245 e. The third kappa shape index (κ3) is 2.52. The number of amides is 1. The summed E-state index contributed by atoms with van der Waals surface area (Å²) in [5, 5.41) is 0. The normalized spacial score (nSPS) is 21.9. The summed E-state index contributed by atoms with van der Waals surface area (Å²) in [5.41, 5.74) is 1.90. The van der Waals surface area contributed by atoms with E-state index < -0.39 is 5.79 Å². The summed E-state index contributed by atoms with van der Waals surface area (Å²) in [4.78, 5) is 19.1. The van der Waals surface area contributed by atoms with Gasteiger partial charge in [0.25, 0.3) is 0 Å². The molecule has 1 atom stereocenters. The van der Waals surface area contributed by atoms with Gasteiger partial charge in [-0.1, -0.05) is 12.1 Å². The zero-order valence-corrected chi connectivity index (χ0v) is 13.3. The Morgan fingerprint density at radius 2 is 1.91 bits per heavy atom. The molecule has 3 heterocycles. The van der Waals surface area contributed by atoms with Crippen molar-refractivity contribution in [3.8, 4) is 0 Å². The molecule has 1 spiro atoms. The molecule has 2 aliphatic rings. The third-order valence-corrected chi connectivity index (χ3v) is 4.91. The van der Waals surface area contributed by atoms with Crippen LogP contribution in [0.1, 0.15) is 25.8 Å². The van der Waals surface area contributed by atoms with Gasteiger partial charge in [-0.2, -0.15) is 0 Å². The van der Waals surface area contributed by atoms with E-state index in [-0.39, 0.29) is 11.9 Å². The molecule has 2 fully saturated rings. The number of likely N-dealkylation sites (tertiary alicyclic amines) is 1. The third-order valence-electron chi connectivity index (χ3n) is 4.91. The summed E-state index contributed by atoms with van der Waals surface area (Å²) in [6.07, 6.45) is 3.24. The van der Waals surface area contributed by atoms with Crippen molar-refractivity contribution in [1.29, 1.82) is 0 Å². The maximum absolute atomic E-state index is 12.8. The van der Waals surface area contributed by atoms with Crippen molar-refractivity contribution in [1.82, 2.24) is 14.5 Å². The molecule has 2 saturated heterocycles. The molecule has 2 aromatic rings. The fourth-order valence-corrected chi connectivity index (χ4v) is 3.52. The molecular weight excluding hydrogens is 294 g/mol. The molecule has 0 aliphatic carbocycles. The highest BCUT2D eigenvalue weighted by Gasteiger charge is 2.41. The number of piperidine rings is 1. The molecule has 0 unspecified atom stereocenters. The second-order valence-electron chi connectivity index (χ2n) is 6.25. The number of hydrogen-bond donors (Lipinski definition) is 0. The second-order valence-corrected chi connectivity index (χ2v) is 6.25. The van der Waals surface area contributed by atoms with E-state index >= 15 is 0 Å². The molecule has 6 nitrogen and oxygen atoms in total. The predicted molar refractivity (Wildman–Crippen MR) is 84.9 cm³/mol. The first-order chi connectivity index (χ1) is 11.2. The number of carbonyl (C=O) groups is 1. The molecular formula is C17H21N3O3. The number of para-hydroxylation sites is 2. The van der Waals surface area contributed by atoms with Gasteiger partial charge >= 0.3 is 0 Å². The Bertz CT molecular complexity index is 711. The van der Waals surface area contributed by atoms with Crippen LogP contribution in [0.4, 0.5) is 0 Å². The first kappa shape index (κ1) is 14.7. The van der Waals surface area contributed by atoms with Crippen molar-refractivity contribution in [2.45, 2.75) is 31.6 Å². The highest BCUT2D eigenvalue weighted by molar-refractivity contribution is 5.83. The number of aromatic nitrogens is 2. The van der Waals surface area contributed by atoms with Crippen molar-refractivity contribution < 1.29 is 14.3 Å². The fraction of sp³-hybridized carbons (Fsp3) is 0.529. The first-order valence-corrected chi connectivity index (χ1v) is 8.17. The Morgan fingerprint density at radius 3 is 2.65 bits per heavy atom. The van der Waals surface area contributed by atoms with Gasteiger partial charge in [0.1, 0.15) is 6.04 Å². The highest BCUT2D eigenvalue weighted by atomic mass is 16.7. The maximum atomic E-state index is 12.8. The van der Waals surface area contributed by atoms with E-state index in [0.717, 1.165) is 23.9 Å². The topological polar surface area (TPSA) is 56.6 Å². The number of benzene rings is 1. The van der Waals surface area contributed by atoms with E-state index in [9.17, 15) is 4.79 Å². The lowest BCUT2D eigenvalue weighted by Crippen LogP contribution is -2.48. The number of imidazole rings is 1. The monoisotopic (exact) mass is 315 g/mol. The number of hydrogen-bond acceptors (Lipinski definition) is 4. The predicted octanol–water partition coefficient (Wildman–Crippen LogP) is 1.96. The van der Waals surface area contributed by atoms with Crippen LogP contribution in [-0.4, -0.2) is 52.4 Å². The molecule has 6 heteroatoms. The minimum absolute atomic E-state index is 0.126. The van der Waals surface area contributed by atoms with Crippen LogP contribution in [-0.2, 0) is 14.3 Å². The Hall–Kier alpha value is -1.92. The van der Waals surface area contributed by atoms with E-state index in [1.54, 1.807) is 6.33 Å². The van der Waals surface area contributed by atoms with Gasteiger partial charge in [0.15, 0.2) is 5.79 Å². The molecule has 0 N–H and O–H groups in total. The average molecular weight is 315 g/mol. The number of fused-ring (bicyclic) bond motifs is 1. The SMILES string of the molecule is C[C@@H](C(=O)N1CCC2(CC1)OCCO2)n1cnc2ccccc21. The van der Waals surface area contributed by atoms with Crippen molar-refractivity contribution >= 4 is 16.9 Å². The van der Waals surface area contributed by atoms with Gasteiger partial charge in [0.05, 0.1) is 30.6 Å². The molecule has 1 amide bonds. The van der Waals surface area contributed by atoms with Gasteiger partial charge < -0.3 is 18.9 Å². The molecule has 1 aromatic carbocycles. The summed E-state index contributed by atoms with van der Waals surface area (Å²) in [6.45, 7) is 4.60. The van der Waals surface area contributed by atoms with E-state index in [1.165, 1.54) is 0 Å². The lowest BCUT2D eigenvalue weighted by molar-refractivity contribution is -0.188. The van der Waals surface area contributed by atoms with Crippen molar-refractivity contribution in [2.75, 3.05) is 26.3 Å². The Kier molecular flexibility index (Phi) is 3.58. The molecule has 1 aromatic heterocycles. The van der Waals surface area contributed by atoms with Crippen LogP contribution in [0, 0.1) is 0 Å².